The lowest BCUT2D eigenvalue weighted by Gasteiger charge is -2.14. The van der Waals surface area contributed by atoms with Crippen LogP contribution in [0.1, 0.15) is 24.1 Å². The predicted molar refractivity (Wildman–Crippen MR) is 69.1 cm³/mol. The molecule has 0 aliphatic carbocycles. The number of benzene rings is 1. The molecule has 0 heterocycles. The first-order valence-electron chi connectivity index (χ1n) is 4.98. The van der Waals surface area contributed by atoms with Crippen molar-refractivity contribution in [1.82, 2.24) is 0 Å². The number of aryl methyl sites for hydroxylation is 1. The molecule has 16 heavy (non-hydrogen) atoms. The van der Waals surface area contributed by atoms with Crippen molar-refractivity contribution < 1.29 is 4.74 Å². The van der Waals surface area contributed by atoms with Gasteiger partial charge in [-0.25, -0.2) is 0 Å². The molecule has 88 valence electrons. The van der Waals surface area contributed by atoms with Crippen molar-refractivity contribution in [3.63, 3.8) is 0 Å². The van der Waals surface area contributed by atoms with Crippen LogP contribution in [0, 0.1) is 6.92 Å². The normalized spacial score (nSPS) is 13.7. The first kappa shape index (κ1) is 13.4. The molecule has 1 aromatic carbocycles. The van der Waals surface area contributed by atoms with Crippen LogP contribution in [0.5, 0.6) is 5.75 Å². The highest BCUT2D eigenvalue weighted by molar-refractivity contribution is 6.36. The summed E-state index contributed by atoms with van der Waals surface area (Å²) in [4.78, 5) is 0. The molecular formula is C12H15Cl2NO. The fourth-order valence-corrected chi connectivity index (χ4v) is 1.45. The fraction of sp³-hybridized carbons (Fsp3) is 0.333. The molecule has 4 heteroatoms. The van der Waals surface area contributed by atoms with E-state index < -0.39 is 0 Å². The van der Waals surface area contributed by atoms with Crippen LogP contribution in [0.3, 0.4) is 0 Å². The molecule has 2 nitrogen and oxygen atoms in total. The van der Waals surface area contributed by atoms with Gasteiger partial charge < -0.3 is 10.5 Å². The SMILES string of the molecule is Cc1ccc(OCC(Cl)=CCl)c([C@H](C)N)c1. The largest absolute Gasteiger partial charge is 0.488 e. The molecule has 0 bridgehead atoms. The highest BCUT2D eigenvalue weighted by Gasteiger charge is 2.08. The van der Waals surface area contributed by atoms with Gasteiger partial charge in [-0.15, -0.1) is 0 Å². The van der Waals surface area contributed by atoms with Crippen molar-refractivity contribution in [2.75, 3.05) is 6.61 Å². The maximum atomic E-state index is 5.87. The molecule has 1 rings (SSSR count). The van der Waals surface area contributed by atoms with Gasteiger partial charge in [-0.2, -0.15) is 0 Å². The summed E-state index contributed by atoms with van der Waals surface area (Å²) >= 11 is 11.2. The molecule has 0 fully saturated rings. The molecule has 0 aromatic heterocycles. The van der Waals surface area contributed by atoms with Crippen molar-refractivity contribution in [3.05, 3.63) is 39.9 Å². The third-order valence-corrected chi connectivity index (χ3v) is 2.73. The summed E-state index contributed by atoms with van der Waals surface area (Å²) in [7, 11) is 0. The second-order valence-electron chi connectivity index (χ2n) is 3.67. The van der Waals surface area contributed by atoms with Crippen molar-refractivity contribution in [1.29, 1.82) is 0 Å². The summed E-state index contributed by atoms with van der Waals surface area (Å²) in [6, 6.07) is 5.80. The van der Waals surface area contributed by atoms with Crippen LogP contribution >= 0.6 is 23.2 Å². The third-order valence-electron chi connectivity index (χ3n) is 2.14. The minimum Gasteiger partial charge on any atom is -0.488 e. The number of hydrogen-bond acceptors (Lipinski definition) is 2. The highest BCUT2D eigenvalue weighted by Crippen LogP contribution is 2.25. The Hall–Kier alpha value is -0.700. The van der Waals surface area contributed by atoms with Gasteiger partial charge in [-0.1, -0.05) is 40.9 Å². The summed E-state index contributed by atoms with van der Waals surface area (Å²) in [6.45, 7) is 4.19. The lowest BCUT2D eigenvalue weighted by atomic mass is 10.1. The van der Waals surface area contributed by atoms with Crippen molar-refractivity contribution >= 4 is 23.2 Å². The highest BCUT2D eigenvalue weighted by atomic mass is 35.5. The predicted octanol–water partition coefficient (Wildman–Crippen LogP) is 3.71. The fourth-order valence-electron chi connectivity index (χ4n) is 1.33. The number of hydrogen-bond donors (Lipinski definition) is 1. The molecule has 1 atom stereocenters. The average molecular weight is 260 g/mol. The van der Waals surface area contributed by atoms with Crippen LogP contribution < -0.4 is 10.5 Å². The summed E-state index contributed by atoms with van der Waals surface area (Å²) < 4.78 is 5.54. The number of nitrogens with two attached hydrogens (primary N) is 1. The first-order valence-corrected chi connectivity index (χ1v) is 5.79. The molecule has 0 amide bonds. The molecule has 0 radical (unpaired) electrons. The van der Waals surface area contributed by atoms with E-state index in [1.165, 1.54) is 5.54 Å². The zero-order valence-electron chi connectivity index (χ0n) is 9.34. The zero-order chi connectivity index (χ0) is 12.1. The summed E-state index contributed by atoms with van der Waals surface area (Å²) in [6.07, 6.45) is 0. The Balaban J connectivity index is 2.87. The molecule has 0 aliphatic heterocycles. The number of halogens is 2. The van der Waals surface area contributed by atoms with Crippen LogP contribution in [-0.4, -0.2) is 6.61 Å². The Morgan fingerprint density at radius 2 is 2.25 bits per heavy atom. The van der Waals surface area contributed by atoms with Crippen LogP contribution in [0.15, 0.2) is 28.8 Å². The van der Waals surface area contributed by atoms with E-state index in [1.807, 2.05) is 32.0 Å². The summed E-state index contributed by atoms with van der Waals surface area (Å²) in [5, 5.41) is 0.456. The van der Waals surface area contributed by atoms with Crippen LogP contribution in [-0.2, 0) is 0 Å². The topological polar surface area (TPSA) is 35.2 Å². The van der Waals surface area contributed by atoms with Gasteiger partial charge in [0, 0.05) is 17.1 Å². The van der Waals surface area contributed by atoms with E-state index in [4.69, 9.17) is 33.7 Å². The molecular weight excluding hydrogens is 245 g/mol. The molecule has 1 aromatic rings. The Morgan fingerprint density at radius 1 is 1.56 bits per heavy atom. The monoisotopic (exact) mass is 259 g/mol. The van der Waals surface area contributed by atoms with Crippen molar-refractivity contribution in [2.24, 2.45) is 5.73 Å². The van der Waals surface area contributed by atoms with E-state index in [0.29, 0.717) is 5.03 Å². The number of ether oxygens (including phenoxy) is 1. The van der Waals surface area contributed by atoms with Gasteiger partial charge in [0.1, 0.15) is 12.4 Å². The Labute approximate surface area is 106 Å². The molecule has 0 saturated carbocycles. The van der Waals surface area contributed by atoms with Gasteiger partial charge in [0.15, 0.2) is 0 Å². The van der Waals surface area contributed by atoms with E-state index in [1.54, 1.807) is 0 Å². The second-order valence-corrected chi connectivity index (χ2v) is 4.38. The van der Waals surface area contributed by atoms with Crippen LogP contribution in [0.4, 0.5) is 0 Å². The van der Waals surface area contributed by atoms with E-state index in [0.717, 1.165) is 16.9 Å². The maximum Gasteiger partial charge on any atom is 0.125 e. The van der Waals surface area contributed by atoms with Gasteiger partial charge in [-0.05, 0) is 19.9 Å². The van der Waals surface area contributed by atoms with E-state index in [-0.39, 0.29) is 12.6 Å². The van der Waals surface area contributed by atoms with Crippen LogP contribution in [0.25, 0.3) is 0 Å². The maximum absolute atomic E-state index is 5.87. The van der Waals surface area contributed by atoms with Gasteiger partial charge in [0.25, 0.3) is 0 Å². The molecule has 0 spiro atoms. The summed E-state index contributed by atoms with van der Waals surface area (Å²) in [5.41, 5.74) is 9.28. The van der Waals surface area contributed by atoms with E-state index >= 15 is 0 Å². The van der Waals surface area contributed by atoms with Gasteiger partial charge >= 0.3 is 0 Å². The minimum atomic E-state index is -0.0753. The Kier molecular flexibility index (Phi) is 5.13. The quantitative estimate of drug-likeness (QED) is 0.895. The Morgan fingerprint density at radius 3 is 2.81 bits per heavy atom. The lowest BCUT2D eigenvalue weighted by Crippen LogP contribution is -2.09. The van der Waals surface area contributed by atoms with E-state index in [2.05, 4.69) is 0 Å². The van der Waals surface area contributed by atoms with Gasteiger partial charge in [0.2, 0.25) is 0 Å². The van der Waals surface area contributed by atoms with Crippen molar-refractivity contribution in [3.8, 4) is 5.75 Å². The molecule has 0 saturated heterocycles. The smallest absolute Gasteiger partial charge is 0.125 e. The van der Waals surface area contributed by atoms with Crippen LogP contribution in [0.2, 0.25) is 0 Å². The minimum absolute atomic E-state index is 0.0753. The van der Waals surface area contributed by atoms with Gasteiger partial charge in [-0.3, -0.25) is 0 Å². The molecule has 0 unspecified atom stereocenters. The van der Waals surface area contributed by atoms with E-state index in [9.17, 15) is 0 Å². The zero-order valence-corrected chi connectivity index (χ0v) is 10.8. The summed E-state index contributed by atoms with van der Waals surface area (Å²) in [5.74, 6) is 0.747. The number of rotatable bonds is 4. The van der Waals surface area contributed by atoms with Crippen molar-refractivity contribution in [2.45, 2.75) is 19.9 Å². The standard InChI is InChI=1S/C12H15Cl2NO/c1-8-3-4-12(11(5-8)9(2)15)16-7-10(14)6-13/h3-6,9H,7,15H2,1-2H3/t9-/m0/s1. The Bertz CT molecular complexity index is 389. The second kappa shape index (κ2) is 6.14. The molecule has 2 N–H and O–H groups in total. The van der Waals surface area contributed by atoms with Gasteiger partial charge in [0.05, 0.1) is 5.03 Å². The third kappa shape index (κ3) is 3.71. The molecule has 0 aliphatic rings. The average Bonchev–Trinajstić information content (AvgIpc) is 2.26. The first-order chi connectivity index (χ1) is 7.54. The lowest BCUT2D eigenvalue weighted by molar-refractivity contribution is 0.353.